The van der Waals surface area contributed by atoms with Gasteiger partial charge in [-0.3, -0.25) is 0 Å². The summed E-state index contributed by atoms with van der Waals surface area (Å²) in [6, 6.07) is 13.6. The molecule has 0 radical (unpaired) electrons. The van der Waals surface area contributed by atoms with E-state index in [1.165, 1.54) is 0 Å². The molecule has 0 bridgehead atoms. The van der Waals surface area contributed by atoms with Gasteiger partial charge in [0.15, 0.2) is 0 Å². The highest BCUT2D eigenvalue weighted by atomic mass is 32.2. The number of nitrogens with one attached hydrogen (secondary N) is 1. The van der Waals surface area contributed by atoms with Gasteiger partial charge in [-0.15, -0.1) is 11.8 Å². The maximum absolute atomic E-state index is 12.3. The molecule has 0 aliphatic rings. The first-order chi connectivity index (χ1) is 11.0. The molecule has 0 aromatic heterocycles. The van der Waals surface area contributed by atoms with E-state index in [1.54, 1.807) is 30.8 Å². The van der Waals surface area contributed by atoms with Crippen molar-refractivity contribution in [3.05, 3.63) is 53.6 Å². The number of urea groups is 1. The zero-order valence-electron chi connectivity index (χ0n) is 13.9. The number of aryl methyl sites for hydroxylation is 1. The molecule has 4 nitrogen and oxygen atoms in total. The minimum Gasteiger partial charge on any atom is -0.496 e. The van der Waals surface area contributed by atoms with Crippen LogP contribution in [0.4, 0.5) is 10.5 Å². The third-order valence-electron chi connectivity index (χ3n) is 3.60. The Kier molecular flexibility index (Phi) is 5.93. The van der Waals surface area contributed by atoms with Crippen molar-refractivity contribution in [2.75, 3.05) is 25.7 Å². The van der Waals surface area contributed by atoms with Gasteiger partial charge in [-0.2, -0.15) is 0 Å². The number of ether oxygens (including phenoxy) is 1. The molecule has 2 aromatic rings. The first-order valence-electron chi connectivity index (χ1n) is 7.33. The molecule has 0 aliphatic heterocycles. The van der Waals surface area contributed by atoms with Gasteiger partial charge in [0, 0.05) is 24.2 Å². The fourth-order valence-electron chi connectivity index (χ4n) is 2.25. The van der Waals surface area contributed by atoms with Crippen molar-refractivity contribution in [3.8, 4) is 5.75 Å². The van der Waals surface area contributed by atoms with Gasteiger partial charge in [0.2, 0.25) is 0 Å². The predicted octanol–water partition coefficient (Wildman–Crippen LogP) is 4.39. The minimum absolute atomic E-state index is 0.132. The topological polar surface area (TPSA) is 41.6 Å². The summed E-state index contributed by atoms with van der Waals surface area (Å²) in [5.74, 6) is 0.836. The second-order valence-corrected chi connectivity index (χ2v) is 6.14. The molecule has 1 N–H and O–H groups in total. The van der Waals surface area contributed by atoms with E-state index in [9.17, 15) is 4.79 Å². The van der Waals surface area contributed by atoms with Crippen LogP contribution in [0.3, 0.4) is 0 Å². The average Bonchev–Trinajstić information content (AvgIpc) is 2.56. The SMILES string of the molecule is COc1cc(CN(C)C(=O)Nc2ccccc2C)ccc1SC. The lowest BCUT2D eigenvalue weighted by molar-refractivity contribution is 0.220. The number of rotatable bonds is 5. The Balaban J connectivity index is 2.05. The second kappa shape index (κ2) is 7.92. The van der Waals surface area contributed by atoms with Crippen LogP contribution >= 0.6 is 11.8 Å². The normalized spacial score (nSPS) is 10.3. The van der Waals surface area contributed by atoms with E-state index in [4.69, 9.17) is 4.74 Å². The monoisotopic (exact) mass is 330 g/mol. The van der Waals surface area contributed by atoms with E-state index in [2.05, 4.69) is 5.32 Å². The Labute approximate surface area is 141 Å². The van der Waals surface area contributed by atoms with Crippen LogP contribution in [0.2, 0.25) is 0 Å². The zero-order chi connectivity index (χ0) is 16.8. The Morgan fingerprint density at radius 1 is 1.26 bits per heavy atom. The van der Waals surface area contributed by atoms with E-state index in [-0.39, 0.29) is 6.03 Å². The van der Waals surface area contributed by atoms with Crippen molar-refractivity contribution in [2.45, 2.75) is 18.4 Å². The van der Waals surface area contributed by atoms with Gasteiger partial charge in [-0.25, -0.2) is 4.79 Å². The van der Waals surface area contributed by atoms with Crippen LogP contribution in [0.1, 0.15) is 11.1 Å². The van der Waals surface area contributed by atoms with Gasteiger partial charge in [-0.1, -0.05) is 24.3 Å². The number of anilines is 1. The quantitative estimate of drug-likeness (QED) is 0.827. The van der Waals surface area contributed by atoms with Crippen LogP contribution in [0.25, 0.3) is 0 Å². The van der Waals surface area contributed by atoms with Crippen LogP contribution in [-0.4, -0.2) is 31.3 Å². The van der Waals surface area contributed by atoms with Crippen LogP contribution in [0.5, 0.6) is 5.75 Å². The summed E-state index contributed by atoms with van der Waals surface area (Å²) in [4.78, 5) is 15.1. The van der Waals surface area contributed by atoms with Crippen LogP contribution in [0.15, 0.2) is 47.4 Å². The molecule has 5 heteroatoms. The Morgan fingerprint density at radius 2 is 2.00 bits per heavy atom. The molecule has 122 valence electrons. The standard InChI is InChI=1S/C18H22N2O2S/c1-13-7-5-6-8-15(13)19-18(21)20(2)12-14-9-10-17(23-4)16(11-14)22-3/h5-11H,12H2,1-4H3,(H,19,21). The van der Waals surface area contributed by atoms with Crippen LogP contribution < -0.4 is 10.1 Å². The number of amides is 2. The van der Waals surface area contributed by atoms with Gasteiger partial charge >= 0.3 is 6.03 Å². The maximum atomic E-state index is 12.3. The molecular formula is C18H22N2O2S. The fraction of sp³-hybridized carbons (Fsp3) is 0.278. The first kappa shape index (κ1) is 17.2. The summed E-state index contributed by atoms with van der Waals surface area (Å²) in [5.41, 5.74) is 2.90. The van der Waals surface area contributed by atoms with E-state index >= 15 is 0 Å². The molecule has 0 saturated carbocycles. The van der Waals surface area contributed by atoms with Crippen molar-refractivity contribution in [1.82, 2.24) is 4.90 Å². The molecule has 2 amide bonds. The smallest absolute Gasteiger partial charge is 0.321 e. The fourth-order valence-corrected chi connectivity index (χ4v) is 2.80. The van der Waals surface area contributed by atoms with Crippen LogP contribution in [0, 0.1) is 6.92 Å². The molecule has 23 heavy (non-hydrogen) atoms. The highest BCUT2D eigenvalue weighted by Gasteiger charge is 2.12. The largest absolute Gasteiger partial charge is 0.496 e. The molecule has 2 aromatic carbocycles. The molecule has 0 heterocycles. The summed E-state index contributed by atoms with van der Waals surface area (Å²) in [5, 5.41) is 2.93. The molecular weight excluding hydrogens is 308 g/mol. The zero-order valence-corrected chi connectivity index (χ0v) is 14.7. The van der Waals surface area contributed by atoms with Gasteiger partial charge < -0.3 is 15.0 Å². The van der Waals surface area contributed by atoms with Crippen molar-refractivity contribution in [3.63, 3.8) is 0 Å². The number of hydrogen-bond acceptors (Lipinski definition) is 3. The third-order valence-corrected chi connectivity index (χ3v) is 4.38. The number of methoxy groups -OCH3 is 1. The Hall–Kier alpha value is -2.14. The number of thioether (sulfide) groups is 1. The van der Waals surface area contributed by atoms with E-state index in [0.29, 0.717) is 6.54 Å². The summed E-state index contributed by atoms with van der Waals surface area (Å²) in [6.07, 6.45) is 2.01. The van der Waals surface area contributed by atoms with Gasteiger partial charge in [0.05, 0.1) is 7.11 Å². The maximum Gasteiger partial charge on any atom is 0.321 e. The van der Waals surface area contributed by atoms with E-state index in [0.717, 1.165) is 27.5 Å². The summed E-state index contributed by atoms with van der Waals surface area (Å²) in [7, 11) is 3.44. The van der Waals surface area contributed by atoms with Crippen molar-refractivity contribution in [1.29, 1.82) is 0 Å². The molecule has 0 atom stereocenters. The number of para-hydroxylation sites is 1. The lowest BCUT2D eigenvalue weighted by atomic mass is 10.2. The highest BCUT2D eigenvalue weighted by Crippen LogP contribution is 2.28. The molecule has 0 unspecified atom stereocenters. The van der Waals surface area contributed by atoms with E-state index < -0.39 is 0 Å². The average molecular weight is 330 g/mol. The Bertz CT molecular complexity index is 688. The molecule has 0 fully saturated rings. The van der Waals surface area contributed by atoms with Crippen molar-refractivity contribution >= 4 is 23.5 Å². The third kappa shape index (κ3) is 4.42. The first-order valence-corrected chi connectivity index (χ1v) is 8.56. The van der Waals surface area contributed by atoms with Crippen LogP contribution in [-0.2, 0) is 6.54 Å². The second-order valence-electron chi connectivity index (χ2n) is 5.29. The molecule has 0 saturated heterocycles. The summed E-state index contributed by atoms with van der Waals surface area (Å²) in [6.45, 7) is 2.49. The van der Waals surface area contributed by atoms with E-state index in [1.807, 2.05) is 55.6 Å². The number of nitrogens with zero attached hydrogens (tertiary/aromatic N) is 1. The van der Waals surface area contributed by atoms with Gasteiger partial charge in [0.25, 0.3) is 0 Å². The lowest BCUT2D eigenvalue weighted by Crippen LogP contribution is -2.31. The Morgan fingerprint density at radius 3 is 2.65 bits per heavy atom. The minimum atomic E-state index is -0.132. The van der Waals surface area contributed by atoms with Gasteiger partial charge in [0.1, 0.15) is 5.75 Å². The van der Waals surface area contributed by atoms with Gasteiger partial charge in [-0.05, 0) is 42.5 Å². The number of benzene rings is 2. The predicted molar refractivity (Wildman–Crippen MR) is 96.4 cm³/mol. The van der Waals surface area contributed by atoms with Crippen molar-refractivity contribution < 1.29 is 9.53 Å². The summed E-state index contributed by atoms with van der Waals surface area (Å²) < 4.78 is 5.39. The molecule has 2 rings (SSSR count). The van der Waals surface area contributed by atoms with Crippen molar-refractivity contribution in [2.24, 2.45) is 0 Å². The molecule has 0 aliphatic carbocycles. The number of carbonyl (C=O) groups is 1. The number of carbonyl (C=O) groups excluding carboxylic acids is 1. The molecule has 0 spiro atoms. The highest BCUT2D eigenvalue weighted by molar-refractivity contribution is 7.98. The summed E-state index contributed by atoms with van der Waals surface area (Å²) >= 11 is 1.64. The lowest BCUT2D eigenvalue weighted by Gasteiger charge is -2.19. The number of hydrogen-bond donors (Lipinski definition) is 1.